The van der Waals surface area contributed by atoms with Crippen molar-refractivity contribution in [2.45, 2.75) is 36.7 Å². The maximum atomic E-state index is 13.4. The Morgan fingerprint density at radius 3 is 1.87 bits per heavy atom. The van der Waals surface area contributed by atoms with Crippen LogP contribution in [0.15, 0.2) is 46.2 Å². The molecule has 5 N–H and O–H groups in total. The van der Waals surface area contributed by atoms with Gasteiger partial charge in [-0.3, -0.25) is 43.3 Å². The van der Waals surface area contributed by atoms with Crippen LogP contribution in [0.2, 0.25) is 0 Å². The zero-order valence-corrected chi connectivity index (χ0v) is 30.7. The molecule has 4 heterocycles. The Balaban J connectivity index is 1.28. The van der Waals surface area contributed by atoms with Crippen LogP contribution < -0.4 is 11.2 Å². The number of aliphatic hydroxyl groups excluding tert-OH is 2. The summed E-state index contributed by atoms with van der Waals surface area (Å²) < 4.78 is 3.86. The second-order valence-electron chi connectivity index (χ2n) is 13.4. The number of nitrogens with zero attached hydrogens (tertiary/aromatic N) is 9. The minimum absolute atomic E-state index is 0.189. The van der Waals surface area contributed by atoms with Crippen LogP contribution in [0.1, 0.15) is 22.9 Å². The fourth-order valence-corrected chi connectivity index (χ4v) is 7.84. The lowest BCUT2D eigenvalue weighted by atomic mass is 10.1. The van der Waals surface area contributed by atoms with E-state index in [0.717, 1.165) is 15.7 Å². The summed E-state index contributed by atoms with van der Waals surface area (Å²) in [6, 6.07) is 7.42. The summed E-state index contributed by atoms with van der Waals surface area (Å²) in [6.07, 6.45) is 2.58. The Bertz CT molecular complexity index is 1850. The van der Waals surface area contributed by atoms with Crippen molar-refractivity contribution in [3.8, 4) is 11.3 Å². The Morgan fingerprint density at radius 1 is 0.833 bits per heavy atom. The molecule has 2 saturated heterocycles. The second kappa shape index (κ2) is 18.7. The number of aliphatic hydroxyl groups is 2. The van der Waals surface area contributed by atoms with Gasteiger partial charge in [0.15, 0.2) is 0 Å². The number of carbonyl (C=O) groups is 3. The van der Waals surface area contributed by atoms with Gasteiger partial charge < -0.3 is 25.5 Å². The third kappa shape index (κ3) is 11.1. The van der Waals surface area contributed by atoms with E-state index in [0.29, 0.717) is 63.6 Å². The molecule has 3 atom stereocenters. The van der Waals surface area contributed by atoms with Gasteiger partial charge in [-0.15, -0.1) is 16.9 Å². The number of aromatic nitrogens is 5. The van der Waals surface area contributed by atoms with E-state index in [2.05, 4.69) is 10.3 Å². The summed E-state index contributed by atoms with van der Waals surface area (Å²) >= 11 is 1.28. The molecule has 0 spiro atoms. The van der Waals surface area contributed by atoms with Crippen LogP contribution >= 0.6 is 11.8 Å². The first-order chi connectivity index (χ1) is 25.8. The molecule has 3 aromatic rings. The first-order valence-corrected chi connectivity index (χ1v) is 18.4. The highest BCUT2D eigenvalue weighted by Crippen LogP contribution is 2.40. The van der Waals surface area contributed by atoms with Gasteiger partial charge in [-0.1, -0.05) is 29.5 Å². The van der Waals surface area contributed by atoms with Gasteiger partial charge in [0.1, 0.15) is 12.4 Å². The molecule has 0 saturated carbocycles. The van der Waals surface area contributed by atoms with Crippen molar-refractivity contribution >= 4 is 29.7 Å². The molecule has 2 aliphatic heterocycles. The number of carboxylic acid groups (broad SMARTS) is 3. The standard InChI is InChI=1S/C34H46N9O10S/c1-23-15-42(29-14-27(45)28(21-44)54-29)34(53)43(33(23)52)22-41-17-26(35-36-41)25-4-2-24(3-5-25)16-37-6-8-38(18-30(46)47)10-12-40(20-32(50)51)13-11-39(9-7-37)19-31(48)49/h2-5,15-17,27-29,44-45H,6-14,18-22H2,1H3,(H,46,47)(H,48,49)(H,50,51)/t27?,28-,29?/m1/s1. The van der Waals surface area contributed by atoms with E-state index in [4.69, 9.17) is 0 Å². The van der Waals surface area contributed by atoms with Crippen LogP contribution in [0.3, 0.4) is 0 Å². The quantitative estimate of drug-likeness (QED) is 0.132. The van der Waals surface area contributed by atoms with Crippen LogP contribution in [0.4, 0.5) is 0 Å². The molecule has 1 radical (unpaired) electrons. The van der Waals surface area contributed by atoms with Gasteiger partial charge in [-0.05, 0) is 12.5 Å². The Labute approximate surface area is 314 Å². The molecule has 293 valence electrons. The lowest BCUT2D eigenvalue weighted by Crippen LogP contribution is -2.48. The molecule has 0 aliphatic carbocycles. The fourth-order valence-electron chi connectivity index (χ4n) is 6.46. The molecule has 0 amide bonds. The average Bonchev–Trinajstić information content (AvgIpc) is 3.75. The first-order valence-electron chi connectivity index (χ1n) is 17.5. The predicted octanol–water partition coefficient (Wildman–Crippen LogP) is -1.57. The van der Waals surface area contributed by atoms with Gasteiger partial charge in [0.25, 0.3) is 5.56 Å². The molecular formula is C34H46N9O10S. The number of hydrogen-bond acceptors (Lipinski definition) is 14. The highest BCUT2D eigenvalue weighted by Gasteiger charge is 2.35. The molecule has 2 aliphatic rings. The fraction of sp³-hybridized carbons (Fsp3) is 0.529. The highest BCUT2D eigenvalue weighted by atomic mass is 32.2. The van der Waals surface area contributed by atoms with Gasteiger partial charge in [-0.25, -0.2) is 14.0 Å². The monoisotopic (exact) mass is 772 g/mol. The van der Waals surface area contributed by atoms with E-state index in [1.54, 1.807) is 27.8 Å². The van der Waals surface area contributed by atoms with Crippen molar-refractivity contribution < 1.29 is 39.9 Å². The summed E-state index contributed by atoms with van der Waals surface area (Å²) in [4.78, 5) is 68.3. The lowest BCUT2D eigenvalue weighted by molar-refractivity contribution is -0.140. The summed E-state index contributed by atoms with van der Waals surface area (Å²) in [5.41, 5.74) is 1.34. The number of benzene rings is 1. The smallest absolute Gasteiger partial charge is 0.333 e. The second-order valence-corrected chi connectivity index (χ2v) is 14.9. The largest absolute Gasteiger partial charge is 0.480 e. The van der Waals surface area contributed by atoms with Crippen molar-refractivity contribution in [3.05, 3.63) is 75.2 Å². The molecule has 5 rings (SSSR count). The van der Waals surface area contributed by atoms with Crippen molar-refractivity contribution in [2.75, 3.05) is 78.6 Å². The van der Waals surface area contributed by atoms with Crippen molar-refractivity contribution in [1.29, 1.82) is 0 Å². The third-order valence-electron chi connectivity index (χ3n) is 9.37. The Morgan fingerprint density at radius 2 is 1.37 bits per heavy atom. The molecule has 2 unspecified atom stereocenters. The number of aryl methyl sites for hydroxylation is 1. The summed E-state index contributed by atoms with van der Waals surface area (Å²) in [5.74, 6) is -3.00. The molecular weight excluding hydrogens is 726 g/mol. The van der Waals surface area contributed by atoms with Gasteiger partial charge >= 0.3 is 23.6 Å². The number of aliphatic carboxylic acids is 3. The minimum Gasteiger partial charge on any atom is -0.480 e. The number of rotatable bonds is 13. The average molecular weight is 773 g/mol. The van der Waals surface area contributed by atoms with Crippen molar-refractivity contribution in [2.24, 2.45) is 0 Å². The normalized spacial score (nSPS) is 21.4. The number of hydrogen-bond donors (Lipinski definition) is 5. The molecule has 54 heavy (non-hydrogen) atoms. The lowest BCUT2D eigenvalue weighted by Gasteiger charge is -2.33. The van der Waals surface area contributed by atoms with Crippen LogP contribution in [0.5, 0.6) is 0 Å². The summed E-state index contributed by atoms with van der Waals surface area (Å²) in [7, 11) is 0. The van der Waals surface area contributed by atoms with Gasteiger partial charge in [0.05, 0.1) is 55.7 Å². The van der Waals surface area contributed by atoms with Gasteiger partial charge in [0.2, 0.25) is 0 Å². The third-order valence-corrected chi connectivity index (χ3v) is 10.9. The number of thioether (sulfide) groups is 1. The van der Waals surface area contributed by atoms with Crippen molar-refractivity contribution in [3.63, 3.8) is 0 Å². The zero-order chi connectivity index (χ0) is 38.9. The highest BCUT2D eigenvalue weighted by molar-refractivity contribution is 8.00. The molecule has 2 aromatic heterocycles. The first kappa shape index (κ1) is 40.7. The predicted molar refractivity (Wildman–Crippen MR) is 196 cm³/mol. The van der Waals surface area contributed by atoms with E-state index < -0.39 is 45.9 Å². The molecule has 2 fully saturated rings. The van der Waals surface area contributed by atoms with Crippen LogP contribution in [0, 0.1) is 13.5 Å². The number of carboxylic acids is 3. The molecule has 19 nitrogen and oxygen atoms in total. The van der Waals surface area contributed by atoms with E-state index in [-0.39, 0.29) is 39.3 Å². The van der Waals surface area contributed by atoms with Gasteiger partial charge in [-0.2, -0.15) is 0 Å². The summed E-state index contributed by atoms with van der Waals surface area (Å²) in [5, 5.41) is 55.7. The van der Waals surface area contributed by atoms with E-state index in [9.17, 15) is 49.5 Å². The van der Waals surface area contributed by atoms with E-state index in [1.807, 2.05) is 35.7 Å². The maximum absolute atomic E-state index is 13.4. The maximum Gasteiger partial charge on any atom is 0.333 e. The summed E-state index contributed by atoms with van der Waals surface area (Å²) in [6.45, 7) is 5.35. The SMILES string of the molecule is Cc1cn(C2CC(O)[C@@H](CO)S2)c(=O)n(Cn2cc(-c3ccc([CH]N4CCN(CC(=O)O)CCN(CC(=O)O)CCN(CC(=O)O)CC4)cc3)nn2)c1=O. The van der Waals surface area contributed by atoms with Crippen molar-refractivity contribution in [1.82, 2.24) is 43.7 Å². The Kier molecular flexibility index (Phi) is 14.1. The van der Waals surface area contributed by atoms with Crippen LogP contribution in [-0.2, 0) is 21.1 Å². The molecule has 20 heteroatoms. The van der Waals surface area contributed by atoms with Crippen LogP contribution in [0.25, 0.3) is 11.3 Å². The zero-order valence-electron chi connectivity index (χ0n) is 29.9. The van der Waals surface area contributed by atoms with Gasteiger partial charge in [0, 0.05) is 76.1 Å². The van der Waals surface area contributed by atoms with Crippen LogP contribution in [-0.4, -0.2) is 177 Å². The van der Waals surface area contributed by atoms with E-state index >= 15 is 0 Å². The molecule has 1 aromatic carbocycles. The topological polar surface area (TPSA) is 240 Å². The Hall–Kier alpha value is -4.44. The molecule has 0 bridgehead atoms. The van der Waals surface area contributed by atoms with E-state index in [1.165, 1.54) is 27.2 Å². The minimum atomic E-state index is -1.02.